The van der Waals surface area contributed by atoms with Crippen molar-refractivity contribution in [2.24, 2.45) is 0 Å². The zero-order valence-corrected chi connectivity index (χ0v) is 17.4. The van der Waals surface area contributed by atoms with Gasteiger partial charge in [-0.25, -0.2) is 4.39 Å². The molecule has 1 amide bonds. The predicted molar refractivity (Wildman–Crippen MR) is 113 cm³/mol. The maximum absolute atomic E-state index is 14.0. The van der Waals surface area contributed by atoms with Crippen LogP contribution in [0.15, 0.2) is 42.5 Å². The van der Waals surface area contributed by atoms with Crippen LogP contribution in [0.1, 0.15) is 29.8 Å². The Labute approximate surface area is 175 Å². The minimum absolute atomic E-state index is 0.00853. The van der Waals surface area contributed by atoms with Crippen LogP contribution >= 0.6 is 11.6 Å². The molecule has 1 atom stereocenters. The number of ketones is 1. The van der Waals surface area contributed by atoms with Crippen LogP contribution in [0.3, 0.4) is 0 Å². The average Bonchev–Trinajstić information content (AvgIpc) is 2.71. The molecule has 5 nitrogen and oxygen atoms in total. The Kier molecular flexibility index (Phi) is 7.00. The fourth-order valence-electron chi connectivity index (χ4n) is 3.42. The lowest BCUT2D eigenvalue weighted by Gasteiger charge is -2.37. The Morgan fingerprint density at radius 1 is 1.10 bits per heavy atom. The molecular weight excluding hydrogens is 393 g/mol. The summed E-state index contributed by atoms with van der Waals surface area (Å²) in [4.78, 5) is 28.2. The van der Waals surface area contributed by atoms with Gasteiger partial charge in [0.15, 0.2) is 5.78 Å². The average molecular weight is 418 g/mol. The van der Waals surface area contributed by atoms with Gasteiger partial charge in [-0.05, 0) is 50.2 Å². The smallest absolute Gasteiger partial charge is 0.241 e. The number of halogens is 2. The van der Waals surface area contributed by atoms with E-state index in [0.717, 1.165) is 13.1 Å². The molecule has 0 radical (unpaired) electrons. The van der Waals surface area contributed by atoms with E-state index in [-0.39, 0.29) is 23.5 Å². The van der Waals surface area contributed by atoms with E-state index in [1.54, 1.807) is 36.4 Å². The number of benzene rings is 2. The standard InChI is InChI=1S/C22H25ClFN3O2/c1-15(22(29)25-18-8-6-17(7-9-18)16(2)28)27-12-10-26(11-13-27)14-19-20(23)4-3-5-21(19)24/h3-9,15H,10-14H2,1-2H3,(H,25,29). The van der Waals surface area contributed by atoms with Crippen molar-refractivity contribution in [2.75, 3.05) is 31.5 Å². The monoisotopic (exact) mass is 417 g/mol. The van der Waals surface area contributed by atoms with Crippen molar-refractivity contribution in [3.63, 3.8) is 0 Å². The number of Topliss-reactive ketones (excluding diaryl/α,β-unsaturated/α-hetero) is 1. The fourth-order valence-corrected chi connectivity index (χ4v) is 3.64. The van der Waals surface area contributed by atoms with Crippen LogP contribution in [0.2, 0.25) is 5.02 Å². The summed E-state index contributed by atoms with van der Waals surface area (Å²) in [6, 6.07) is 11.3. The van der Waals surface area contributed by atoms with Crippen molar-refractivity contribution in [3.05, 3.63) is 64.4 Å². The number of rotatable bonds is 6. The van der Waals surface area contributed by atoms with E-state index in [1.165, 1.54) is 13.0 Å². The molecule has 0 spiro atoms. The molecule has 1 unspecified atom stereocenters. The third-order valence-electron chi connectivity index (χ3n) is 5.34. The number of hydrogen-bond acceptors (Lipinski definition) is 4. The highest BCUT2D eigenvalue weighted by Crippen LogP contribution is 2.22. The van der Waals surface area contributed by atoms with Crippen LogP contribution in [-0.4, -0.2) is 53.7 Å². The van der Waals surface area contributed by atoms with E-state index in [0.29, 0.717) is 41.5 Å². The number of carbonyl (C=O) groups excluding carboxylic acids is 2. The van der Waals surface area contributed by atoms with Crippen molar-refractivity contribution in [2.45, 2.75) is 26.4 Å². The quantitative estimate of drug-likeness (QED) is 0.726. The zero-order valence-electron chi connectivity index (χ0n) is 16.6. The lowest BCUT2D eigenvalue weighted by molar-refractivity contribution is -0.121. The second kappa shape index (κ2) is 9.48. The highest BCUT2D eigenvalue weighted by Gasteiger charge is 2.26. The van der Waals surface area contributed by atoms with Crippen LogP contribution < -0.4 is 5.32 Å². The largest absolute Gasteiger partial charge is 0.325 e. The van der Waals surface area contributed by atoms with Gasteiger partial charge in [0.2, 0.25) is 5.91 Å². The molecule has 29 heavy (non-hydrogen) atoms. The minimum atomic E-state index is -0.290. The van der Waals surface area contributed by atoms with Gasteiger partial charge in [-0.1, -0.05) is 17.7 Å². The summed E-state index contributed by atoms with van der Waals surface area (Å²) in [6.07, 6.45) is 0. The summed E-state index contributed by atoms with van der Waals surface area (Å²) in [5.74, 6) is -0.388. The molecule has 0 aromatic heterocycles. The molecule has 0 aliphatic carbocycles. The highest BCUT2D eigenvalue weighted by atomic mass is 35.5. The number of carbonyl (C=O) groups is 2. The molecule has 2 aromatic rings. The first-order valence-corrected chi connectivity index (χ1v) is 10.0. The first-order chi connectivity index (χ1) is 13.8. The third kappa shape index (κ3) is 5.41. The molecule has 1 fully saturated rings. The van der Waals surface area contributed by atoms with Gasteiger partial charge < -0.3 is 5.32 Å². The van der Waals surface area contributed by atoms with Crippen molar-refractivity contribution in [1.82, 2.24) is 9.80 Å². The van der Waals surface area contributed by atoms with Crippen molar-refractivity contribution < 1.29 is 14.0 Å². The first-order valence-electron chi connectivity index (χ1n) is 9.66. The fraction of sp³-hybridized carbons (Fsp3) is 0.364. The maximum atomic E-state index is 14.0. The van der Waals surface area contributed by atoms with E-state index in [1.807, 2.05) is 6.92 Å². The minimum Gasteiger partial charge on any atom is -0.325 e. The number of nitrogens with zero attached hydrogens (tertiary/aromatic N) is 2. The highest BCUT2D eigenvalue weighted by molar-refractivity contribution is 6.31. The molecule has 154 valence electrons. The van der Waals surface area contributed by atoms with Gasteiger partial charge in [0, 0.05) is 54.6 Å². The Morgan fingerprint density at radius 3 is 2.34 bits per heavy atom. The second-order valence-electron chi connectivity index (χ2n) is 7.31. The topological polar surface area (TPSA) is 52.7 Å². The van der Waals surface area contributed by atoms with E-state index in [9.17, 15) is 14.0 Å². The predicted octanol–water partition coefficient (Wildman–Crippen LogP) is 3.83. The number of nitrogens with one attached hydrogen (secondary N) is 1. The normalized spacial score (nSPS) is 16.4. The van der Waals surface area contributed by atoms with Gasteiger partial charge in [0.05, 0.1) is 6.04 Å². The maximum Gasteiger partial charge on any atom is 0.241 e. The van der Waals surface area contributed by atoms with Gasteiger partial charge in [0.25, 0.3) is 0 Å². The molecule has 3 rings (SSSR count). The van der Waals surface area contributed by atoms with Gasteiger partial charge in [0.1, 0.15) is 5.82 Å². The third-order valence-corrected chi connectivity index (χ3v) is 5.69. The summed E-state index contributed by atoms with van der Waals surface area (Å²) in [5.41, 5.74) is 1.80. The summed E-state index contributed by atoms with van der Waals surface area (Å²) in [6.45, 7) is 6.74. The van der Waals surface area contributed by atoms with Gasteiger partial charge in [-0.15, -0.1) is 0 Å². The zero-order chi connectivity index (χ0) is 21.0. The molecule has 2 aromatic carbocycles. The Hall–Kier alpha value is -2.28. The van der Waals surface area contributed by atoms with E-state index in [4.69, 9.17) is 11.6 Å². The van der Waals surface area contributed by atoms with Crippen molar-refractivity contribution in [3.8, 4) is 0 Å². The second-order valence-corrected chi connectivity index (χ2v) is 7.72. The van der Waals surface area contributed by atoms with E-state index >= 15 is 0 Å². The SMILES string of the molecule is CC(=O)c1ccc(NC(=O)C(C)N2CCN(Cc3c(F)cccc3Cl)CC2)cc1. The molecule has 1 saturated heterocycles. The first kappa shape index (κ1) is 21.4. The molecule has 7 heteroatoms. The number of anilines is 1. The molecule has 1 aliphatic rings. The Bertz CT molecular complexity index is 860. The van der Waals surface area contributed by atoms with E-state index in [2.05, 4.69) is 15.1 Å². The summed E-state index contributed by atoms with van der Waals surface area (Å²) in [7, 11) is 0. The van der Waals surface area contributed by atoms with Crippen LogP contribution in [-0.2, 0) is 11.3 Å². The van der Waals surface area contributed by atoms with E-state index < -0.39 is 0 Å². The summed E-state index contributed by atoms with van der Waals surface area (Å²) >= 11 is 6.12. The Morgan fingerprint density at radius 2 is 1.76 bits per heavy atom. The molecule has 0 bridgehead atoms. The van der Waals surface area contributed by atoms with Crippen molar-refractivity contribution in [1.29, 1.82) is 0 Å². The number of piperazine rings is 1. The van der Waals surface area contributed by atoms with Crippen molar-refractivity contribution >= 4 is 29.0 Å². The van der Waals surface area contributed by atoms with Gasteiger partial charge >= 0.3 is 0 Å². The lowest BCUT2D eigenvalue weighted by atomic mass is 10.1. The summed E-state index contributed by atoms with van der Waals surface area (Å²) in [5, 5.41) is 3.34. The molecule has 1 aliphatic heterocycles. The lowest BCUT2D eigenvalue weighted by Crippen LogP contribution is -2.52. The van der Waals surface area contributed by atoms with Crippen LogP contribution in [0.25, 0.3) is 0 Å². The molecule has 0 saturated carbocycles. The molecule has 1 heterocycles. The van der Waals surface area contributed by atoms with Gasteiger partial charge in [-0.2, -0.15) is 0 Å². The molecule has 1 N–H and O–H groups in total. The van der Waals surface area contributed by atoms with Gasteiger partial charge in [-0.3, -0.25) is 19.4 Å². The van der Waals surface area contributed by atoms with Crippen LogP contribution in [0.5, 0.6) is 0 Å². The number of hydrogen-bond donors (Lipinski definition) is 1. The summed E-state index contributed by atoms with van der Waals surface area (Å²) < 4.78 is 14.0. The molecular formula is C22H25ClFN3O2. The van der Waals surface area contributed by atoms with Crippen LogP contribution in [0, 0.1) is 5.82 Å². The van der Waals surface area contributed by atoms with Crippen LogP contribution in [0.4, 0.5) is 10.1 Å². The number of amides is 1. The Balaban J connectivity index is 1.52.